The van der Waals surface area contributed by atoms with Crippen LogP contribution in [0.4, 0.5) is 0 Å². The number of hydrogen-bond acceptors (Lipinski definition) is 4. The summed E-state index contributed by atoms with van der Waals surface area (Å²) in [5.41, 5.74) is 0. The molecule has 1 saturated heterocycles. The lowest BCUT2D eigenvalue weighted by Crippen LogP contribution is -2.52. The van der Waals surface area contributed by atoms with Crippen LogP contribution >= 0.6 is 11.6 Å². The fourth-order valence-corrected chi connectivity index (χ4v) is 3.73. The van der Waals surface area contributed by atoms with Crippen LogP contribution in [0.2, 0.25) is 5.02 Å². The number of aliphatic carboxylic acids is 1. The maximum absolute atomic E-state index is 12.1. The molecule has 2 rings (SSSR count). The van der Waals surface area contributed by atoms with Gasteiger partial charge in [-0.05, 0) is 30.2 Å². The van der Waals surface area contributed by atoms with Crippen LogP contribution in [0.5, 0.6) is 0 Å². The van der Waals surface area contributed by atoms with Gasteiger partial charge in [-0.1, -0.05) is 18.5 Å². The topological polar surface area (TPSA) is 74.7 Å². The lowest BCUT2D eigenvalue weighted by atomic mass is 9.87. The van der Waals surface area contributed by atoms with Crippen molar-refractivity contribution < 1.29 is 18.3 Å². The van der Waals surface area contributed by atoms with Crippen molar-refractivity contribution in [1.82, 2.24) is 4.90 Å². The van der Waals surface area contributed by atoms with Gasteiger partial charge in [0.25, 0.3) is 0 Å². The highest BCUT2D eigenvalue weighted by atomic mass is 35.5. The fourth-order valence-electron chi connectivity index (χ4n) is 2.32. The number of halogens is 1. The van der Waals surface area contributed by atoms with Crippen LogP contribution in [-0.2, 0) is 14.6 Å². The lowest BCUT2D eigenvalue weighted by molar-refractivity contribution is -0.145. The summed E-state index contributed by atoms with van der Waals surface area (Å²) in [4.78, 5) is 13.1. The van der Waals surface area contributed by atoms with Crippen LogP contribution in [0.1, 0.15) is 6.92 Å². The van der Waals surface area contributed by atoms with Gasteiger partial charge in [-0.2, -0.15) is 0 Å². The molecule has 0 amide bonds. The van der Waals surface area contributed by atoms with Gasteiger partial charge in [0.1, 0.15) is 0 Å². The number of carboxylic acids is 1. The number of carboxylic acid groups (broad SMARTS) is 1. The van der Waals surface area contributed by atoms with Crippen molar-refractivity contribution in [3.63, 3.8) is 0 Å². The van der Waals surface area contributed by atoms with Gasteiger partial charge in [-0.25, -0.2) is 8.42 Å². The average Bonchev–Trinajstić information content (AvgIpc) is 2.36. The van der Waals surface area contributed by atoms with Gasteiger partial charge in [-0.15, -0.1) is 0 Å². The molecular weight excluding hydrogens is 314 g/mol. The quantitative estimate of drug-likeness (QED) is 0.859. The summed E-state index contributed by atoms with van der Waals surface area (Å²) in [7, 11) is -3.32. The molecule has 0 aliphatic carbocycles. The van der Waals surface area contributed by atoms with Gasteiger partial charge in [0.05, 0.1) is 16.6 Å². The number of hydrogen-bond donors (Lipinski definition) is 1. The summed E-state index contributed by atoms with van der Waals surface area (Å²) in [5.74, 6) is -1.04. The molecule has 7 heteroatoms. The molecule has 0 bridgehead atoms. The average molecular weight is 332 g/mol. The van der Waals surface area contributed by atoms with Crippen molar-refractivity contribution in [2.24, 2.45) is 11.8 Å². The minimum Gasteiger partial charge on any atom is -0.481 e. The Balaban J connectivity index is 1.84. The Hall–Kier alpha value is -1.11. The molecule has 1 atom stereocenters. The zero-order valence-electron chi connectivity index (χ0n) is 11.7. The van der Waals surface area contributed by atoms with E-state index >= 15 is 0 Å². The Bertz CT molecular complexity index is 608. The second-order valence-corrected chi connectivity index (χ2v) is 7.96. The molecule has 1 aromatic carbocycles. The van der Waals surface area contributed by atoms with E-state index in [0.717, 1.165) is 0 Å². The molecule has 5 nitrogen and oxygen atoms in total. The molecule has 0 aromatic heterocycles. The summed E-state index contributed by atoms with van der Waals surface area (Å²) in [6.45, 7) is 3.40. The van der Waals surface area contributed by atoms with Gasteiger partial charge in [0.15, 0.2) is 9.84 Å². The molecule has 1 heterocycles. The Morgan fingerprint density at radius 3 is 2.48 bits per heavy atom. The number of rotatable bonds is 6. The largest absolute Gasteiger partial charge is 0.481 e. The summed E-state index contributed by atoms with van der Waals surface area (Å²) < 4.78 is 24.3. The number of carbonyl (C=O) groups is 1. The predicted octanol–water partition coefficient (Wildman–Crippen LogP) is 1.77. The van der Waals surface area contributed by atoms with Crippen molar-refractivity contribution in [2.45, 2.75) is 11.8 Å². The molecule has 1 N–H and O–H groups in total. The van der Waals surface area contributed by atoms with Crippen LogP contribution in [0.15, 0.2) is 29.2 Å². The molecule has 0 saturated carbocycles. The monoisotopic (exact) mass is 331 g/mol. The van der Waals surface area contributed by atoms with E-state index in [1.165, 1.54) is 12.1 Å². The van der Waals surface area contributed by atoms with E-state index in [1.807, 2.05) is 4.90 Å². The Morgan fingerprint density at radius 1 is 1.38 bits per heavy atom. The van der Waals surface area contributed by atoms with Crippen molar-refractivity contribution in [3.8, 4) is 0 Å². The molecule has 1 aliphatic heterocycles. The van der Waals surface area contributed by atoms with Crippen molar-refractivity contribution in [3.05, 3.63) is 29.3 Å². The minimum absolute atomic E-state index is 0.0306. The van der Waals surface area contributed by atoms with Crippen LogP contribution in [0.25, 0.3) is 0 Å². The van der Waals surface area contributed by atoms with Gasteiger partial charge in [-0.3, -0.25) is 4.79 Å². The smallest absolute Gasteiger partial charge is 0.306 e. The van der Waals surface area contributed by atoms with E-state index in [0.29, 0.717) is 24.7 Å². The van der Waals surface area contributed by atoms with E-state index < -0.39 is 15.8 Å². The SMILES string of the molecule is CC(C(=O)O)C1CN(CCS(=O)(=O)c2ccc(Cl)cc2)C1. The zero-order valence-corrected chi connectivity index (χ0v) is 13.3. The van der Waals surface area contributed by atoms with Gasteiger partial charge < -0.3 is 10.0 Å². The second-order valence-electron chi connectivity index (χ2n) is 5.42. The van der Waals surface area contributed by atoms with Gasteiger partial charge in [0.2, 0.25) is 0 Å². The highest BCUT2D eigenvalue weighted by molar-refractivity contribution is 7.91. The fraction of sp³-hybridized carbons (Fsp3) is 0.500. The molecule has 1 unspecified atom stereocenters. The first-order valence-corrected chi connectivity index (χ1v) is 8.76. The van der Waals surface area contributed by atoms with Crippen LogP contribution in [-0.4, -0.2) is 49.8 Å². The van der Waals surface area contributed by atoms with Gasteiger partial charge in [0, 0.05) is 24.7 Å². The van der Waals surface area contributed by atoms with Crippen LogP contribution in [0, 0.1) is 11.8 Å². The molecule has 0 radical (unpaired) electrons. The third kappa shape index (κ3) is 3.96. The van der Waals surface area contributed by atoms with E-state index in [2.05, 4.69) is 0 Å². The number of nitrogens with zero attached hydrogens (tertiary/aromatic N) is 1. The van der Waals surface area contributed by atoms with Crippen LogP contribution < -0.4 is 0 Å². The standard InChI is InChI=1S/C14H18ClNO4S/c1-10(14(17)18)11-8-16(9-11)6-7-21(19,20)13-4-2-12(15)3-5-13/h2-5,10-11H,6-9H2,1H3,(H,17,18). The Labute approximate surface area is 129 Å². The first kappa shape index (κ1) is 16.3. The lowest BCUT2D eigenvalue weighted by Gasteiger charge is -2.41. The minimum atomic E-state index is -3.32. The van der Waals surface area contributed by atoms with Gasteiger partial charge >= 0.3 is 5.97 Å². The highest BCUT2D eigenvalue weighted by Crippen LogP contribution is 2.24. The zero-order chi connectivity index (χ0) is 15.6. The number of sulfone groups is 1. The van der Waals surface area contributed by atoms with Crippen molar-refractivity contribution >= 4 is 27.4 Å². The number of likely N-dealkylation sites (tertiary alicyclic amines) is 1. The predicted molar refractivity (Wildman–Crippen MR) is 80.2 cm³/mol. The Morgan fingerprint density at radius 2 is 1.95 bits per heavy atom. The summed E-state index contributed by atoms with van der Waals surface area (Å²) in [6, 6.07) is 6.12. The first-order chi connectivity index (χ1) is 9.79. The third-order valence-corrected chi connectivity index (χ3v) is 5.89. The molecule has 116 valence electrons. The first-order valence-electron chi connectivity index (χ1n) is 6.73. The maximum atomic E-state index is 12.1. The van der Waals surface area contributed by atoms with E-state index in [1.54, 1.807) is 19.1 Å². The number of benzene rings is 1. The van der Waals surface area contributed by atoms with E-state index in [9.17, 15) is 13.2 Å². The molecule has 1 aromatic rings. The van der Waals surface area contributed by atoms with Crippen molar-refractivity contribution in [2.75, 3.05) is 25.4 Å². The normalized spacial score (nSPS) is 18.2. The molecule has 0 spiro atoms. The molecule has 21 heavy (non-hydrogen) atoms. The van der Waals surface area contributed by atoms with E-state index in [-0.39, 0.29) is 22.5 Å². The summed E-state index contributed by atoms with van der Waals surface area (Å²) in [6.07, 6.45) is 0. The molecule has 1 fully saturated rings. The summed E-state index contributed by atoms with van der Waals surface area (Å²) >= 11 is 5.74. The van der Waals surface area contributed by atoms with E-state index in [4.69, 9.17) is 16.7 Å². The van der Waals surface area contributed by atoms with Crippen molar-refractivity contribution in [1.29, 1.82) is 0 Å². The molecule has 1 aliphatic rings. The van der Waals surface area contributed by atoms with Crippen LogP contribution in [0.3, 0.4) is 0 Å². The Kier molecular flexibility index (Phi) is 4.91. The molecular formula is C14H18ClNO4S. The summed E-state index contributed by atoms with van der Waals surface area (Å²) in [5, 5.41) is 9.41. The third-order valence-electron chi connectivity index (χ3n) is 3.93. The second kappa shape index (κ2) is 6.34. The maximum Gasteiger partial charge on any atom is 0.306 e. The highest BCUT2D eigenvalue weighted by Gasteiger charge is 2.34.